The van der Waals surface area contributed by atoms with E-state index in [2.05, 4.69) is 10.1 Å². The van der Waals surface area contributed by atoms with Crippen LogP contribution in [0, 0.1) is 0 Å². The number of nitrogens with zero attached hydrogens (tertiary/aromatic N) is 3. The third-order valence-corrected chi connectivity index (χ3v) is 4.02. The zero-order valence-corrected chi connectivity index (χ0v) is 11.9. The fourth-order valence-corrected chi connectivity index (χ4v) is 2.83. The first kappa shape index (κ1) is 13.0. The Balaban J connectivity index is 1.86. The Hall–Kier alpha value is -1.98. The lowest BCUT2D eigenvalue weighted by Gasteiger charge is -2.06. The SMILES string of the molecule is CCn1cc(-c2csc(C(O)c3ccccc3)n2)cn1. The van der Waals surface area contributed by atoms with Crippen molar-refractivity contribution in [2.24, 2.45) is 0 Å². The molecular formula is C15H15N3OS. The molecule has 1 N–H and O–H groups in total. The standard InChI is InChI=1S/C15H15N3OS/c1-2-18-9-12(8-16-18)13-10-20-15(17-13)14(19)11-6-4-3-5-7-11/h3-10,14,19H,2H2,1H3. The summed E-state index contributed by atoms with van der Waals surface area (Å²) in [5.41, 5.74) is 2.70. The highest BCUT2D eigenvalue weighted by atomic mass is 32.1. The van der Waals surface area contributed by atoms with E-state index < -0.39 is 6.10 Å². The summed E-state index contributed by atoms with van der Waals surface area (Å²) in [6.45, 7) is 2.88. The lowest BCUT2D eigenvalue weighted by molar-refractivity contribution is 0.220. The molecule has 3 rings (SSSR count). The van der Waals surface area contributed by atoms with Gasteiger partial charge in [-0.2, -0.15) is 5.10 Å². The lowest BCUT2D eigenvalue weighted by atomic mass is 10.1. The number of thiazole rings is 1. The van der Waals surface area contributed by atoms with Crippen LogP contribution in [0.5, 0.6) is 0 Å². The highest BCUT2D eigenvalue weighted by Crippen LogP contribution is 2.28. The molecule has 0 amide bonds. The molecule has 0 radical (unpaired) electrons. The Labute approximate surface area is 121 Å². The summed E-state index contributed by atoms with van der Waals surface area (Å²) in [7, 11) is 0. The number of rotatable bonds is 4. The van der Waals surface area contributed by atoms with Crippen molar-refractivity contribution < 1.29 is 5.11 Å². The van der Waals surface area contributed by atoms with Crippen LogP contribution >= 0.6 is 11.3 Å². The van der Waals surface area contributed by atoms with E-state index in [4.69, 9.17) is 0 Å². The molecule has 2 aromatic heterocycles. The summed E-state index contributed by atoms with van der Waals surface area (Å²) in [5, 5.41) is 17.2. The highest BCUT2D eigenvalue weighted by molar-refractivity contribution is 7.10. The maximum atomic E-state index is 10.3. The van der Waals surface area contributed by atoms with Gasteiger partial charge in [-0.05, 0) is 12.5 Å². The fraction of sp³-hybridized carbons (Fsp3) is 0.200. The van der Waals surface area contributed by atoms with Gasteiger partial charge in [0.1, 0.15) is 11.1 Å². The molecule has 5 heteroatoms. The molecule has 4 nitrogen and oxygen atoms in total. The molecular weight excluding hydrogens is 270 g/mol. The van der Waals surface area contributed by atoms with Crippen molar-refractivity contribution in [3.05, 3.63) is 58.7 Å². The van der Waals surface area contributed by atoms with Crippen molar-refractivity contribution in [2.75, 3.05) is 0 Å². The predicted octanol–water partition coefficient (Wildman–Crippen LogP) is 3.11. The van der Waals surface area contributed by atoms with Gasteiger partial charge >= 0.3 is 0 Å². The van der Waals surface area contributed by atoms with Crippen LogP contribution in [0.15, 0.2) is 48.1 Å². The van der Waals surface area contributed by atoms with Gasteiger partial charge in [0, 0.05) is 23.7 Å². The molecule has 102 valence electrons. The van der Waals surface area contributed by atoms with Gasteiger partial charge in [0.2, 0.25) is 0 Å². The first-order valence-electron chi connectivity index (χ1n) is 6.49. The first-order chi connectivity index (χ1) is 9.78. The van der Waals surface area contributed by atoms with Gasteiger partial charge in [0.25, 0.3) is 0 Å². The van der Waals surface area contributed by atoms with Crippen molar-refractivity contribution in [3.8, 4) is 11.3 Å². The summed E-state index contributed by atoms with van der Waals surface area (Å²) in [5.74, 6) is 0. The van der Waals surface area contributed by atoms with Crippen LogP contribution in [-0.2, 0) is 6.54 Å². The van der Waals surface area contributed by atoms with Crippen LogP contribution in [0.25, 0.3) is 11.3 Å². The minimum Gasteiger partial charge on any atom is -0.381 e. The molecule has 0 aliphatic carbocycles. The number of aromatic nitrogens is 3. The normalized spacial score (nSPS) is 12.5. The van der Waals surface area contributed by atoms with Gasteiger partial charge in [0.05, 0.1) is 11.9 Å². The largest absolute Gasteiger partial charge is 0.381 e. The van der Waals surface area contributed by atoms with Crippen LogP contribution < -0.4 is 0 Å². The molecule has 0 spiro atoms. The Morgan fingerprint density at radius 1 is 1.30 bits per heavy atom. The number of hydrogen-bond donors (Lipinski definition) is 1. The van der Waals surface area contributed by atoms with Gasteiger partial charge in [-0.25, -0.2) is 4.98 Å². The molecule has 0 saturated carbocycles. The van der Waals surface area contributed by atoms with Gasteiger partial charge in [-0.15, -0.1) is 11.3 Å². The highest BCUT2D eigenvalue weighted by Gasteiger charge is 2.15. The molecule has 0 aliphatic rings. The fourth-order valence-electron chi connectivity index (χ4n) is 1.99. The Morgan fingerprint density at radius 2 is 2.10 bits per heavy atom. The quantitative estimate of drug-likeness (QED) is 0.801. The van der Waals surface area contributed by atoms with E-state index in [1.807, 2.05) is 53.5 Å². The average molecular weight is 285 g/mol. The van der Waals surface area contributed by atoms with Crippen LogP contribution in [0.1, 0.15) is 23.6 Å². The topological polar surface area (TPSA) is 50.9 Å². The maximum Gasteiger partial charge on any atom is 0.131 e. The van der Waals surface area contributed by atoms with Crippen molar-refractivity contribution in [1.29, 1.82) is 0 Å². The van der Waals surface area contributed by atoms with Crippen molar-refractivity contribution in [2.45, 2.75) is 19.6 Å². The Bertz CT molecular complexity index is 690. The minimum absolute atomic E-state index is 0.670. The molecule has 2 heterocycles. The molecule has 1 atom stereocenters. The summed E-state index contributed by atoms with van der Waals surface area (Å²) in [6, 6.07) is 9.57. The molecule has 3 aromatic rings. The molecule has 0 bridgehead atoms. The number of aryl methyl sites for hydroxylation is 1. The summed E-state index contributed by atoms with van der Waals surface area (Å²) < 4.78 is 1.86. The third-order valence-electron chi connectivity index (χ3n) is 3.12. The number of hydrogen-bond acceptors (Lipinski definition) is 4. The molecule has 0 aliphatic heterocycles. The molecule has 0 fully saturated rings. The second-order valence-electron chi connectivity index (χ2n) is 4.47. The van der Waals surface area contributed by atoms with Gasteiger partial charge < -0.3 is 5.11 Å². The molecule has 0 saturated heterocycles. The van der Waals surface area contributed by atoms with E-state index in [-0.39, 0.29) is 0 Å². The first-order valence-corrected chi connectivity index (χ1v) is 7.37. The van der Waals surface area contributed by atoms with Gasteiger partial charge in [-0.3, -0.25) is 4.68 Å². The van der Waals surface area contributed by atoms with E-state index in [0.29, 0.717) is 5.01 Å². The zero-order valence-electron chi connectivity index (χ0n) is 11.1. The average Bonchev–Trinajstić information content (AvgIpc) is 3.16. The van der Waals surface area contributed by atoms with Gasteiger partial charge in [-0.1, -0.05) is 30.3 Å². The minimum atomic E-state index is -0.670. The second kappa shape index (κ2) is 5.56. The summed E-state index contributed by atoms with van der Waals surface area (Å²) >= 11 is 1.47. The smallest absolute Gasteiger partial charge is 0.131 e. The van der Waals surface area contributed by atoms with Crippen LogP contribution in [0.2, 0.25) is 0 Å². The van der Waals surface area contributed by atoms with E-state index >= 15 is 0 Å². The molecule has 1 unspecified atom stereocenters. The zero-order chi connectivity index (χ0) is 13.9. The van der Waals surface area contributed by atoms with Gasteiger partial charge in [0.15, 0.2) is 0 Å². The van der Waals surface area contributed by atoms with Crippen LogP contribution in [0.3, 0.4) is 0 Å². The van der Waals surface area contributed by atoms with E-state index in [0.717, 1.165) is 23.4 Å². The predicted molar refractivity (Wildman–Crippen MR) is 79.5 cm³/mol. The summed E-state index contributed by atoms with van der Waals surface area (Å²) in [6.07, 6.45) is 3.10. The monoisotopic (exact) mass is 285 g/mol. The lowest BCUT2D eigenvalue weighted by Crippen LogP contribution is -1.98. The van der Waals surface area contributed by atoms with E-state index in [1.54, 1.807) is 6.20 Å². The van der Waals surface area contributed by atoms with Crippen molar-refractivity contribution in [1.82, 2.24) is 14.8 Å². The van der Waals surface area contributed by atoms with E-state index in [1.165, 1.54) is 11.3 Å². The third kappa shape index (κ3) is 2.50. The number of aliphatic hydroxyl groups excluding tert-OH is 1. The van der Waals surface area contributed by atoms with Crippen LogP contribution in [-0.4, -0.2) is 19.9 Å². The van der Waals surface area contributed by atoms with Crippen molar-refractivity contribution >= 4 is 11.3 Å². The Kier molecular flexibility index (Phi) is 3.62. The number of benzene rings is 1. The number of aliphatic hydroxyl groups is 1. The molecule has 1 aromatic carbocycles. The molecule has 20 heavy (non-hydrogen) atoms. The Morgan fingerprint density at radius 3 is 2.80 bits per heavy atom. The maximum absolute atomic E-state index is 10.3. The summed E-state index contributed by atoms with van der Waals surface area (Å²) in [4.78, 5) is 4.52. The van der Waals surface area contributed by atoms with E-state index in [9.17, 15) is 5.11 Å². The second-order valence-corrected chi connectivity index (χ2v) is 5.36. The van der Waals surface area contributed by atoms with Crippen molar-refractivity contribution in [3.63, 3.8) is 0 Å². The van der Waals surface area contributed by atoms with Crippen LogP contribution in [0.4, 0.5) is 0 Å².